The minimum atomic E-state index is -4.72. The second kappa shape index (κ2) is 6.77. The van der Waals surface area contributed by atoms with Crippen molar-refractivity contribution in [3.63, 3.8) is 0 Å². The molecule has 0 aliphatic rings. The molecular weight excluding hydrogens is 325 g/mol. The van der Waals surface area contributed by atoms with Gasteiger partial charge in [-0.25, -0.2) is 0 Å². The maximum Gasteiger partial charge on any atom is 0.412 e. The molecule has 1 atom stereocenters. The van der Waals surface area contributed by atoms with Gasteiger partial charge in [0, 0.05) is 18.0 Å². The van der Waals surface area contributed by atoms with Crippen molar-refractivity contribution in [2.75, 3.05) is 7.11 Å². The average Bonchev–Trinajstić information content (AvgIpc) is 2.51. The number of aromatic nitrogens is 1. The van der Waals surface area contributed by atoms with Crippen LogP contribution in [0.25, 0.3) is 0 Å². The van der Waals surface area contributed by atoms with Gasteiger partial charge in [0.15, 0.2) is 11.5 Å². The normalized spacial score (nSPS) is 12.5. The molecule has 2 N–H and O–H groups in total. The van der Waals surface area contributed by atoms with Crippen molar-refractivity contribution < 1.29 is 22.7 Å². The molecule has 1 aromatic carbocycles. The Balaban J connectivity index is 2.32. The smallest absolute Gasteiger partial charge is 0.412 e. The van der Waals surface area contributed by atoms with Gasteiger partial charge >= 0.3 is 6.18 Å². The summed E-state index contributed by atoms with van der Waals surface area (Å²) in [5.41, 5.74) is -0.706. The summed E-state index contributed by atoms with van der Waals surface area (Å²) in [6, 6.07) is 4.03. The number of aryl methyl sites for hydroxylation is 1. The van der Waals surface area contributed by atoms with Crippen molar-refractivity contribution in [2.45, 2.75) is 19.1 Å². The molecule has 0 saturated heterocycles. The van der Waals surface area contributed by atoms with Crippen LogP contribution in [-0.4, -0.2) is 24.2 Å². The van der Waals surface area contributed by atoms with Gasteiger partial charge in [0.05, 0.1) is 7.11 Å². The number of alkyl halides is 3. The molecule has 8 heteroatoms. The maximum absolute atomic E-state index is 13.3. The van der Waals surface area contributed by atoms with Gasteiger partial charge in [-0.3, -0.25) is 9.59 Å². The average molecular weight is 340 g/mol. The van der Waals surface area contributed by atoms with E-state index in [2.05, 4.69) is 4.98 Å². The van der Waals surface area contributed by atoms with Gasteiger partial charge < -0.3 is 15.0 Å². The van der Waals surface area contributed by atoms with E-state index in [1.54, 1.807) is 6.92 Å². The lowest BCUT2D eigenvalue weighted by Gasteiger charge is -2.22. The lowest BCUT2D eigenvalue weighted by molar-refractivity contribution is -0.155. The van der Waals surface area contributed by atoms with Crippen LogP contribution in [0.5, 0.6) is 5.75 Å². The number of nitrogens with one attached hydrogen (secondary N) is 2. The summed E-state index contributed by atoms with van der Waals surface area (Å²) in [7, 11) is 1.39. The predicted molar refractivity (Wildman–Crippen MR) is 81.1 cm³/mol. The molecule has 5 nitrogen and oxygen atoms in total. The van der Waals surface area contributed by atoms with Crippen molar-refractivity contribution in [2.24, 2.45) is 0 Å². The van der Waals surface area contributed by atoms with Crippen LogP contribution in [0, 0.1) is 6.92 Å². The SMILES string of the molecule is COc1ccc([C@@H](NC(=O)c2c[nH]c(C)cc2=O)C(F)(F)F)cc1. The fourth-order valence-electron chi connectivity index (χ4n) is 2.11. The Labute approximate surface area is 135 Å². The van der Waals surface area contributed by atoms with Crippen LogP contribution in [0.3, 0.4) is 0 Å². The number of benzene rings is 1. The monoisotopic (exact) mass is 340 g/mol. The number of methoxy groups -OCH3 is 1. The number of ether oxygens (including phenoxy) is 1. The third-order valence-corrected chi connectivity index (χ3v) is 3.35. The summed E-state index contributed by atoms with van der Waals surface area (Å²) in [6.07, 6.45) is -3.63. The Morgan fingerprint density at radius 1 is 1.25 bits per heavy atom. The molecule has 0 unspecified atom stereocenters. The Hall–Kier alpha value is -2.77. The zero-order valence-electron chi connectivity index (χ0n) is 12.9. The molecule has 0 aliphatic heterocycles. The summed E-state index contributed by atoms with van der Waals surface area (Å²) >= 11 is 0. The Kier molecular flexibility index (Phi) is 4.96. The number of halogens is 3. The van der Waals surface area contributed by atoms with Gasteiger partial charge in [-0.1, -0.05) is 12.1 Å². The van der Waals surface area contributed by atoms with E-state index in [9.17, 15) is 22.8 Å². The van der Waals surface area contributed by atoms with Gasteiger partial charge in [0.25, 0.3) is 5.91 Å². The molecule has 2 rings (SSSR count). The summed E-state index contributed by atoms with van der Waals surface area (Å²) in [6.45, 7) is 1.60. The first-order valence-electron chi connectivity index (χ1n) is 6.93. The van der Waals surface area contributed by atoms with Crippen LogP contribution in [0.4, 0.5) is 13.2 Å². The van der Waals surface area contributed by atoms with Crippen LogP contribution in [0.2, 0.25) is 0 Å². The number of amides is 1. The van der Waals surface area contributed by atoms with E-state index in [4.69, 9.17) is 4.74 Å². The van der Waals surface area contributed by atoms with Crippen molar-refractivity contribution in [3.05, 3.63) is 63.6 Å². The number of carbonyl (C=O) groups is 1. The molecule has 0 radical (unpaired) electrons. The highest BCUT2D eigenvalue weighted by Gasteiger charge is 2.42. The van der Waals surface area contributed by atoms with Crippen molar-refractivity contribution in [1.82, 2.24) is 10.3 Å². The molecule has 1 heterocycles. The topological polar surface area (TPSA) is 71.2 Å². The maximum atomic E-state index is 13.3. The van der Waals surface area contributed by atoms with Gasteiger partial charge in [-0.15, -0.1) is 0 Å². The largest absolute Gasteiger partial charge is 0.497 e. The first-order chi connectivity index (χ1) is 11.2. The molecule has 1 amide bonds. The molecule has 24 heavy (non-hydrogen) atoms. The second-order valence-electron chi connectivity index (χ2n) is 5.12. The molecule has 0 bridgehead atoms. The van der Waals surface area contributed by atoms with E-state index in [1.807, 2.05) is 5.32 Å². The highest BCUT2D eigenvalue weighted by atomic mass is 19.4. The van der Waals surface area contributed by atoms with E-state index in [1.165, 1.54) is 31.4 Å². The molecule has 0 aliphatic carbocycles. The third kappa shape index (κ3) is 3.95. The number of hydrogen-bond acceptors (Lipinski definition) is 3. The quantitative estimate of drug-likeness (QED) is 0.899. The first kappa shape index (κ1) is 17.6. The zero-order valence-corrected chi connectivity index (χ0v) is 12.9. The van der Waals surface area contributed by atoms with E-state index in [-0.39, 0.29) is 11.1 Å². The summed E-state index contributed by atoms with van der Waals surface area (Å²) in [4.78, 5) is 26.5. The Morgan fingerprint density at radius 2 is 1.88 bits per heavy atom. The van der Waals surface area contributed by atoms with Crippen molar-refractivity contribution >= 4 is 5.91 Å². The summed E-state index contributed by atoms with van der Waals surface area (Å²) in [5.74, 6) is -0.713. The number of carbonyl (C=O) groups excluding carboxylic acids is 1. The van der Waals surface area contributed by atoms with Crippen molar-refractivity contribution in [1.29, 1.82) is 0 Å². The van der Waals surface area contributed by atoms with E-state index < -0.39 is 23.6 Å². The van der Waals surface area contributed by atoms with E-state index in [0.29, 0.717) is 11.4 Å². The number of aromatic amines is 1. The van der Waals surface area contributed by atoms with Crippen LogP contribution >= 0.6 is 0 Å². The highest BCUT2D eigenvalue weighted by Crippen LogP contribution is 2.33. The van der Waals surface area contributed by atoms with Crippen LogP contribution in [-0.2, 0) is 0 Å². The van der Waals surface area contributed by atoms with Gasteiger partial charge in [-0.2, -0.15) is 13.2 Å². The third-order valence-electron chi connectivity index (χ3n) is 3.35. The molecule has 0 spiro atoms. The number of pyridine rings is 1. The fraction of sp³-hybridized carbons (Fsp3) is 0.250. The predicted octanol–water partition coefficient (Wildman–Crippen LogP) is 2.73. The number of H-pyrrole nitrogens is 1. The van der Waals surface area contributed by atoms with Gasteiger partial charge in [0.2, 0.25) is 0 Å². The standard InChI is InChI=1S/C16H15F3N2O3/c1-9-7-13(22)12(8-20-9)15(23)21-14(16(17,18)19)10-3-5-11(24-2)6-4-10/h3-8,14H,1-2H3,(H,20,22)(H,21,23)/t14-/m1/s1. The Bertz CT molecular complexity index is 782. The lowest BCUT2D eigenvalue weighted by Crippen LogP contribution is -2.39. The van der Waals surface area contributed by atoms with Crippen LogP contribution in [0.1, 0.15) is 27.7 Å². The first-order valence-corrected chi connectivity index (χ1v) is 6.93. The van der Waals surface area contributed by atoms with Crippen LogP contribution in [0.15, 0.2) is 41.3 Å². The fourth-order valence-corrected chi connectivity index (χ4v) is 2.11. The van der Waals surface area contributed by atoms with Gasteiger partial charge in [-0.05, 0) is 24.6 Å². The highest BCUT2D eigenvalue weighted by molar-refractivity contribution is 5.94. The molecule has 128 valence electrons. The second-order valence-corrected chi connectivity index (χ2v) is 5.12. The van der Waals surface area contributed by atoms with Gasteiger partial charge in [0.1, 0.15) is 11.3 Å². The van der Waals surface area contributed by atoms with Crippen LogP contribution < -0.4 is 15.5 Å². The lowest BCUT2D eigenvalue weighted by atomic mass is 10.1. The minimum Gasteiger partial charge on any atom is -0.497 e. The summed E-state index contributed by atoms with van der Waals surface area (Å²) in [5, 5.41) is 1.86. The summed E-state index contributed by atoms with van der Waals surface area (Å²) < 4.78 is 44.8. The van der Waals surface area contributed by atoms with E-state index in [0.717, 1.165) is 12.3 Å². The molecule has 0 saturated carbocycles. The molecule has 0 fully saturated rings. The van der Waals surface area contributed by atoms with E-state index >= 15 is 0 Å². The minimum absolute atomic E-state index is 0.166. The molecular formula is C16H15F3N2O3. The number of rotatable bonds is 4. The Morgan fingerprint density at radius 3 is 2.38 bits per heavy atom. The molecule has 1 aromatic heterocycles. The number of hydrogen-bond donors (Lipinski definition) is 2. The zero-order chi connectivity index (χ0) is 17.9. The molecule has 2 aromatic rings. The van der Waals surface area contributed by atoms with Crippen molar-refractivity contribution in [3.8, 4) is 5.75 Å².